The van der Waals surface area contributed by atoms with Gasteiger partial charge in [-0.05, 0) is 23.8 Å². The standard InChI is InChI=1S/C16H15N3O2/c1-19-13-7-3-2-6-11(13)12(10-15(19)20)16(21)18-14-8-4-5-9-17-14/h2-9,12H,10H2,1H3,(H,17,18,21). The van der Waals surface area contributed by atoms with Crippen LogP contribution in [0.1, 0.15) is 17.9 Å². The summed E-state index contributed by atoms with van der Waals surface area (Å²) in [6.07, 6.45) is 1.79. The molecule has 5 nitrogen and oxygen atoms in total. The lowest BCUT2D eigenvalue weighted by molar-refractivity contribution is -0.124. The molecule has 1 aliphatic rings. The second-order valence-corrected chi connectivity index (χ2v) is 4.97. The Hall–Kier alpha value is -2.69. The zero-order valence-corrected chi connectivity index (χ0v) is 11.6. The Labute approximate surface area is 122 Å². The summed E-state index contributed by atoms with van der Waals surface area (Å²) in [4.78, 5) is 30.2. The molecule has 1 unspecified atom stereocenters. The van der Waals surface area contributed by atoms with Gasteiger partial charge in [0, 0.05) is 25.4 Å². The number of para-hydroxylation sites is 1. The molecule has 3 rings (SSSR count). The third kappa shape index (κ3) is 2.50. The lowest BCUT2D eigenvalue weighted by Gasteiger charge is -2.30. The van der Waals surface area contributed by atoms with Crippen LogP contribution in [0.5, 0.6) is 0 Å². The van der Waals surface area contributed by atoms with Gasteiger partial charge < -0.3 is 10.2 Å². The van der Waals surface area contributed by atoms with E-state index in [4.69, 9.17) is 0 Å². The Morgan fingerprint density at radius 3 is 2.76 bits per heavy atom. The molecule has 1 aromatic heterocycles. The average molecular weight is 281 g/mol. The molecule has 0 fully saturated rings. The van der Waals surface area contributed by atoms with Gasteiger partial charge in [-0.1, -0.05) is 24.3 Å². The predicted molar refractivity (Wildman–Crippen MR) is 80.1 cm³/mol. The zero-order valence-electron chi connectivity index (χ0n) is 11.6. The Morgan fingerprint density at radius 2 is 2.00 bits per heavy atom. The number of pyridine rings is 1. The third-order valence-electron chi connectivity index (χ3n) is 3.66. The van der Waals surface area contributed by atoms with Crippen molar-refractivity contribution in [2.75, 3.05) is 17.3 Å². The van der Waals surface area contributed by atoms with Gasteiger partial charge in [-0.2, -0.15) is 0 Å². The molecule has 0 saturated heterocycles. The van der Waals surface area contributed by atoms with E-state index < -0.39 is 5.92 Å². The van der Waals surface area contributed by atoms with Gasteiger partial charge in [0.2, 0.25) is 11.8 Å². The van der Waals surface area contributed by atoms with E-state index in [0.717, 1.165) is 11.3 Å². The SMILES string of the molecule is CN1C(=O)CC(C(=O)Nc2ccccn2)c2ccccc21. The summed E-state index contributed by atoms with van der Waals surface area (Å²) >= 11 is 0. The van der Waals surface area contributed by atoms with Crippen molar-refractivity contribution >= 4 is 23.3 Å². The topological polar surface area (TPSA) is 62.3 Å². The fourth-order valence-electron chi connectivity index (χ4n) is 2.53. The second-order valence-electron chi connectivity index (χ2n) is 4.97. The molecule has 1 aliphatic heterocycles. The van der Waals surface area contributed by atoms with Crippen molar-refractivity contribution in [3.05, 3.63) is 54.2 Å². The van der Waals surface area contributed by atoms with Crippen LogP contribution in [0.4, 0.5) is 11.5 Å². The van der Waals surface area contributed by atoms with Gasteiger partial charge >= 0.3 is 0 Å². The van der Waals surface area contributed by atoms with Gasteiger partial charge in [-0.25, -0.2) is 4.98 Å². The monoisotopic (exact) mass is 281 g/mol. The van der Waals surface area contributed by atoms with Crippen molar-refractivity contribution in [2.45, 2.75) is 12.3 Å². The molecule has 0 saturated carbocycles. The largest absolute Gasteiger partial charge is 0.315 e. The molecule has 106 valence electrons. The molecule has 1 atom stereocenters. The lowest BCUT2D eigenvalue weighted by Crippen LogP contribution is -2.37. The highest BCUT2D eigenvalue weighted by molar-refractivity contribution is 6.05. The molecule has 0 spiro atoms. The Morgan fingerprint density at radius 1 is 1.24 bits per heavy atom. The zero-order chi connectivity index (χ0) is 14.8. The van der Waals surface area contributed by atoms with Gasteiger partial charge in [0.25, 0.3) is 0 Å². The molecule has 2 heterocycles. The first-order valence-corrected chi connectivity index (χ1v) is 6.74. The number of amides is 2. The normalized spacial score (nSPS) is 17.3. The first-order chi connectivity index (χ1) is 10.2. The van der Waals surface area contributed by atoms with Crippen LogP contribution in [0.2, 0.25) is 0 Å². The number of benzene rings is 1. The van der Waals surface area contributed by atoms with Crippen LogP contribution < -0.4 is 10.2 Å². The minimum absolute atomic E-state index is 0.0603. The number of anilines is 2. The molecule has 1 N–H and O–H groups in total. The molecule has 21 heavy (non-hydrogen) atoms. The number of carbonyl (C=O) groups excluding carboxylic acids is 2. The molecule has 0 radical (unpaired) electrons. The van der Waals surface area contributed by atoms with E-state index in [9.17, 15) is 9.59 Å². The second kappa shape index (κ2) is 5.36. The highest BCUT2D eigenvalue weighted by Crippen LogP contribution is 2.35. The first kappa shape index (κ1) is 13.3. The summed E-state index contributed by atoms with van der Waals surface area (Å²) < 4.78 is 0. The van der Waals surface area contributed by atoms with Crippen LogP contribution in [0.25, 0.3) is 0 Å². The Bertz CT molecular complexity index is 685. The number of hydrogen-bond acceptors (Lipinski definition) is 3. The Kier molecular flexibility index (Phi) is 3.39. The summed E-state index contributed by atoms with van der Waals surface area (Å²) in [5, 5.41) is 2.77. The van der Waals surface area contributed by atoms with Crippen LogP contribution in [0.3, 0.4) is 0 Å². The number of rotatable bonds is 2. The molecule has 1 aromatic carbocycles. The van der Waals surface area contributed by atoms with Crippen LogP contribution in [-0.4, -0.2) is 23.8 Å². The maximum absolute atomic E-state index is 12.5. The average Bonchev–Trinajstić information content (AvgIpc) is 2.52. The quantitative estimate of drug-likeness (QED) is 0.917. The summed E-state index contributed by atoms with van der Waals surface area (Å²) in [7, 11) is 1.73. The predicted octanol–water partition coefficient (Wildman–Crippen LogP) is 2.17. The van der Waals surface area contributed by atoms with Crippen molar-refractivity contribution < 1.29 is 9.59 Å². The van der Waals surface area contributed by atoms with Gasteiger partial charge in [0.05, 0.1) is 5.92 Å². The highest BCUT2D eigenvalue weighted by Gasteiger charge is 2.33. The van der Waals surface area contributed by atoms with Gasteiger partial charge in [-0.15, -0.1) is 0 Å². The van der Waals surface area contributed by atoms with Crippen LogP contribution in [0, 0.1) is 0 Å². The van der Waals surface area contributed by atoms with E-state index in [1.165, 1.54) is 0 Å². The summed E-state index contributed by atoms with van der Waals surface area (Å²) in [6, 6.07) is 12.8. The number of nitrogens with one attached hydrogen (secondary N) is 1. The molecule has 2 amide bonds. The smallest absolute Gasteiger partial charge is 0.233 e. The number of hydrogen-bond donors (Lipinski definition) is 1. The molecular weight excluding hydrogens is 266 g/mol. The highest BCUT2D eigenvalue weighted by atomic mass is 16.2. The van der Waals surface area contributed by atoms with E-state index in [2.05, 4.69) is 10.3 Å². The maximum atomic E-state index is 12.5. The minimum atomic E-state index is -0.480. The maximum Gasteiger partial charge on any atom is 0.233 e. The number of aromatic nitrogens is 1. The molecule has 2 aromatic rings. The summed E-state index contributed by atoms with van der Waals surface area (Å²) in [5.41, 5.74) is 1.66. The molecule has 5 heteroatoms. The molecule has 0 aliphatic carbocycles. The van der Waals surface area contributed by atoms with Crippen LogP contribution in [0.15, 0.2) is 48.7 Å². The lowest BCUT2D eigenvalue weighted by atomic mass is 9.89. The van der Waals surface area contributed by atoms with Crippen LogP contribution >= 0.6 is 0 Å². The van der Waals surface area contributed by atoms with E-state index in [-0.39, 0.29) is 18.2 Å². The van der Waals surface area contributed by atoms with Crippen molar-refractivity contribution in [1.82, 2.24) is 4.98 Å². The first-order valence-electron chi connectivity index (χ1n) is 6.74. The fourth-order valence-corrected chi connectivity index (χ4v) is 2.53. The summed E-state index contributed by atoms with van der Waals surface area (Å²) in [6.45, 7) is 0. The van der Waals surface area contributed by atoms with Gasteiger partial charge in [0.1, 0.15) is 5.82 Å². The minimum Gasteiger partial charge on any atom is -0.315 e. The van der Waals surface area contributed by atoms with Gasteiger partial charge in [0.15, 0.2) is 0 Å². The van der Waals surface area contributed by atoms with Crippen molar-refractivity contribution in [3.63, 3.8) is 0 Å². The molecular formula is C16H15N3O2. The molecule has 0 bridgehead atoms. The fraction of sp³-hybridized carbons (Fsp3) is 0.188. The summed E-state index contributed by atoms with van der Waals surface area (Å²) in [5.74, 6) is -0.254. The third-order valence-corrected chi connectivity index (χ3v) is 3.66. The number of carbonyl (C=O) groups is 2. The van der Waals surface area contributed by atoms with Crippen molar-refractivity contribution in [1.29, 1.82) is 0 Å². The van der Waals surface area contributed by atoms with Gasteiger partial charge in [-0.3, -0.25) is 9.59 Å². The van der Waals surface area contributed by atoms with Crippen molar-refractivity contribution in [2.24, 2.45) is 0 Å². The van der Waals surface area contributed by atoms with E-state index in [1.54, 1.807) is 36.3 Å². The Balaban J connectivity index is 1.90. The number of nitrogens with zero attached hydrogens (tertiary/aromatic N) is 2. The van der Waals surface area contributed by atoms with Crippen molar-refractivity contribution in [3.8, 4) is 0 Å². The van der Waals surface area contributed by atoms with Crippen LogP contribution in [-0.2, 0) is 9.59 Å². The number of fused-ring (bicyclic) bond motifs is 1. The van der Waals surface area contributed by atoms with E-state index in [1.807, 2.05) is 24.3 Å². The van der Waals surface area contributed by atoms with E-state index in [0.29, 0.717) is 5.82 Å². The van der Waals surface area contributed by atoms with E-state index >= 15 is 0 Å².